The van der Waals surface area contributed by atoms with Gasteiger partial charge < -0.3 is 20.1 Å². The fourth-order valence-electron chi connectivity index (χ4n) is 3.11. The lowest BCUT2D eigenvalue weighted by molar-refractivity contribution is -0.384. The standard InChI is InChI=1S/C15H21N3O3.C2HF3O2/c1-15(2)10-11-8-13(18(19)20)12(9-14(11)21-15)17-6-3-4-16-5-7-17;3-2(4,5)1(6)7/h8-9,16H,3-7,10H2,1-2H3;(H,6,7). The van der Waals surface area contributed by atoms with E-state index in [-0.39, 0.29) is 16.2 Å². The van der Waals surface area contributed by atoms with Gasteiger partial charge in [0.1, 0.15) is 17.0 Å². The van der Waals surface area contributed by atoms with E-state index in [1.54, 1.807) is 6.07 Å². The number of carboxylic acids is 1. The molecule has 2 aliphatic heterocycles. The van der Waals surface area contributed by atoms with Gasteiger partial charge in [-0.2, -0.15) is 13.2 Å². The second-order valence-corrected chi connectivity index (χ2v) is 7.14. The Bertz CT molecular complexity index is 744. The average Bonchev–Trinajstić information content (AvgIpc) is 2.74. The molecule has 2 N–H and O–H groups in total. The number of rotatable bonds is 2. The number of hydrogen-bond acceptors (Lipinski definition) is 6. The average molecular weight is 405 g/mol. The molecule has 0 aliphatic carbocycles. The number of nitro groups is 1. The SMILES string of the molecule is CC1(C)Cc2cc([N+](=O)[O-])c(N3CCCNCC3)cc2O1.O=C(O)C(F)(F)F. The number of ether oxygens (including phenoxy) is 1. The summed E-state index contributed by atoms with van der Waals surface area (Å²) in [5, 5.41) is 21.9. The van der Waals surface area contributed by atoms with Crippen LogP contribution in [0.3, 0.4) is 0 Å². The topological polar surface area (TPSA) is 105 Å². The molecule has 28 heavy (non-hydrogen) atoms. The number of alkyl halides is 3. The Morgan fingerprint density at radius 3 is 2.54 bits per heavy atom. The van der Waals surface area contributed by atoms with Crippen molar-refractivity contribution in [2.24, 2.45) is 0 Å². The fraction of sp³-hybridized carbons (Fsp3) is 0.588. The predicted molar refractivity (Wildman–Crippen MR) is 94.9 cm³/mol. The van der Waals surface area contributed by atoms with Crippen molar-refractivity contribution >= 4 is 17.3 Å². The third-order valence-electron chi connectivity index (χ3n) is 4.28. The lowest BCUT2D eigenvalue weighted by atomic mass is 10.0. The molecule has 0 saturated carbocycles. The van der Waals surface area contributed by atoms with Crippen molar-refractivity contribution in [3.8, 4) is 5.75 Å². The van der Waals surface area contributed by atoms with E-state index in [0.29, 0.717) is 12.1 Å². The van der Waals surface area contributed by atoms with Crippen molar-refractivity contribution in [3.63, 3.8) is 0 Å². The molecule has 1 aromatic carbocycles. The highest BCUT2D eigenvalue weighted by atomic mass is 19.4. The van der Waals surface area contributed by atoms with Crippen molar-refractivity contribution in [3.05, 3.63) is 27.8 Å². The van der Waals surface area contributed by atoms with Crippen LogP contribution < -0.4 is 15.0 Å². The minimum atomic E-state index is -5.08. The minimum absolute atomic E-state index is 0.192. The molecule has 2 aliphatic rings. The molecule has 1 aromatic rings. The zero-order valence-corrected chi connectivity index (χ0v) is 15.5. The van der Waals surface area contributed by atoms with Crippen LogP contribution >= 0.6 is 0 Å². The summed E-state index contributed by atoms with van der Waals surface area (Å²) in [6.07, 6.45) is -3.38. The van der Waals surface area contributed by atoms with Gasteiger partial charge in [-0.25, -0.2) is 4.79 Å². The number of nitrogens with zero attached hydrogens (tertiary/aromatic N) is 2. The molecule has 2 heterocycles. The summed E-state index contributed by atoms with van der Waals surface area (Å²) in [6, 6.07) is 3.55. The Balaban J connectivity index is 0.000000345. The van der Waals surface area contributed by atoms with Crippen LogP contribution in [-0.4, -0.2) is 54.0 Å². The van der Waals surface area contributed by atoms with Gasteiger partial charge in [0.05, 0.1) is 4.92 Å². The Hall–Kier alpha value is -2.56. The molecule has 1 fully saturated rings. The van der Waals surface area contributed by atoms with Gasteiger partial charge in [-0.05, 0) is 26.8 Å². The van der Waals surface area contributed by atoms with Crippen LogP contribution in [0.25, 0.3) is 0 Å². The molecule has 0 atom stereocenters. The van der Waals surface area contributed by atoms with E-state index < -0.39 is 12.1 Å². The molecule has 8 nitrogen and oxygen atoms in total. The van der Waals surface area contributed by atoms with Crippen molar-refractivity contribution in [2.75, 3.05) is 31.1 Å². The second kappa shape index (κ2) is 8.21. The molecule has 156 valence electrons. The zero-order chi connectivity index (χ0) is 21.1. The molecular weight excluding hydrogens is 383 g/mol. The maximum absolute atomic E-state index is 11.4. The highest BCUT2D eigenvalue weighted by Gasteiger charge is 2.38. The van der Waals surface area contributed by atoms with Gasteiger partial charge in [-0.15, -0.1) is 0 Å². The molecular formula is C17H22F3N3O5. The summed E-state index contributed by atoms with van der Waals surface area (Å²) < 4.78 is 37.7. The third kappa shape index (κ3) is 5.47. The molecule has 11 heteroatoms. The first kappa shape index (κ1) is 21.7. The van der Waals surface area contributed by atoms with E-state index in [1.807, 2.05) is 19.9 Å². The monoisotopic (exact) mass is 405 g/mol. The summed E-state index contributed by atoms with van der Waals surface area (Å²) >= 11 is 0. The van der Waals surface area contributed by atoms with Crippen molar-refractivity contribution in [1.29, 1.82) is 0 Å². The smallest absolute Gasteiger partial charge is 0.487 e. The number of halogens is 3. The summed E-state index contributed by atoms with van der Waals surface area (Å²) in [5.41, 5.74) is 1.52. The van der Waals surface area contributed by atoms with Crippen LogP contribution in [0.1, 0.15) is 25.8 Å². The van der Waals surface area contributed by atoms with Crippen LogP contribution in [0.4, 0.5) is 24.5 Å². The summed E-state index contributed by atoms with van der Waals surface area (Å²) in [4.78, 5) is 22.1. The number of fused-ring (bicyclic) bond motifs is 1. The first-order chi connectivity index (χ1) is 12.9. The van der Waals surface area contributed by atoms with Crippen molar-refractivity contribution in [1.82, 2.24) is 5.32 Å². The van der Waals surface area contributed by atoms with E-state index in [1.165, 1.54) is 0 Å². The number of nitro benzene ring substituents is 1. The van der Waals surface area contributed by atoms with E-state index >= 15 is 0 Å². The van der Waals surface area contributed by atoms with Gasteiger partial charge in [-0.1, -0.05) is 0 Å². The van der Waals surface area contributed by atoms with Crippen LogP contribution in [0.5, 0.6) is 5.75 Å². The van der Waals surface area contributed by atoms with E-state index in [0.717, 1.165) is 43.9 Å². The summed E-state index contributed by atoms with van der Waals surface area (Å²) in [6.45, 7) is 7.43. The number of hydrogen-bond donors (Lipinski definition) is 2. The number of benzene rings is 1. The highest BCUT2D eigenvalue weighted by Crippen LogP contribution is 2.42. The van der Waals surface area contributed by atoms with E-state index in [2.05, 4.69) is 10.2 Å². The largest absolute Gasteiger partial charge is 0.490 e. The number of anilines is 1. The normalized spacial score (nSPS) is 18.2. The van der Waals surface area contributed by atoms with E-state index in [9.17, 15) is 23.3 Å². The molecule has 0 spiro atoms. The van der Waals surface area contributed by atoms with Crippen LogP contribution in [-0.2, 0) is 11.2 Å². The molecule has 0 unspecified atom stereocenters. The van der Waals surface area contributed by atoms with Crippen LogP contribution in [0.15, 0.2) is 12.1 Å². The Labute approximate surface area is 159 Å². The van der Waals surface area contributed by atoms with Crippen LogP contribution in [0, 0.1) is 10.1 Å². The summed E-state index contributed by atoms with van der Waals surface area (Å²) in [7, 11) is 0. The first-order valence-electron chi connectivity index (χ1n) is 8.67. The molecule has 0 bridgehead atoms. The number of aliphatic carboxylic acids is 1. The molecule has 0 radical (unpaired) electrons. The first-order valence-corrected chi connectivity index (χ1v) is 8.67. The Kier molecular flexibility index (Phi) is 6.37. The van der Waals surface area contributed by atoms with Crippen LogP contribution in [0.2, 0.25) is 0 Å². The molecule has 0 amide bonds. The Morgan fingerprint density at radius 2 is 1.96 bits per heavy atom. The number of nitrogens with one attached hydrogen (secondary N) is 1. The fourth-order valence-corrected chi connectivity index (χ4v) is 3.11. The predicted octanol–water partition coefficient (Wildman–Crippen LogP) is 2.74. The lowest BCUT2D eigenvalue weighted by Gasteiger charge is -2.23. The molecule has 3 rings (SSSR count). The van der Waals surface area contributed by atoms with Gasteiger partial charge in [0.2, 0.25) is 0 Å². The second-order valence-electron chi connectivity index (χ2n) is 7.14. The summed E-state index contributed by atoms with van der Waals surface area (Å²) in [5.74, 6) is -1.97. The third-order valence-corrected chi connectivity index (χ3v) is 4.28. The lowest BCUT2D eigenvalue weighted by Crippen LogP contribution is -2.28. The van der Waals surface area contributed by atoms with Gasteiger partial charge in [0, 0.05) is 43.8 Å². The zero-order valence-electron chi connectivity index (χ0n) is 15.5. The number of carbonyl (C=O) groups is 1. The van der Waals surface area contributed by atoms with Gasteiger partial charge in [0.25, 0.3) is 5.69 Å². The molecule has 1 saturated heterocycles. The van der Waals surface area contributed by atoms with Gasteiger partial charge in [0.15, 0.2) is 0 Å². The minimum Gasteiger partial charge on any atom is -0.487 e. The van der Waals surface area contributed by atoms with Gasteiger partial charge >= 0.3 is 12.1 Å². The maximum Gasteiger partial charge on any atom is 0.490 e. The number of carboxylic acid groups (broad SMARTS) is 1. The molecule has 0 aromatic heterocycles. The Morgan fingerprint density at radius 1 is 1.32 bits per heavy atom. The highest BCUT2D eigenvalue weighted by molar-refractivity contribution is 5.73. The van der Waals surface area contributed by atoms with Gasteiger partial charge in [-0.3, -0.25) is 10.1 Å². The maximum atomic E-state index is 11.4. The van der Waals surface area contributed by atoms with E-state index in [4.69, 9.17) is 14.6 Å². The quantitative estimate of drug-likeness (QED) is 0.576. The van der Waals surface area contributed by atoms with Crippen molar-refractivity contribution in [2.45, 2.75) is 38.5 Å². The van der Waals surface area contributed by atoms with Crippen molar-refractivity contribution < 1.29 is 32.7 Å².